The fourth-order valence-electron chi connectivity index (χ4n) is 5.78. The first kappa shape index (κ1) is 24.3. The quantitative estimate of drug-likeness (QED) is 0.587. The Labute approximate surface area is 211 Å². The Bertz CT molecular complexity index is 1230. The van der Waals surface area contributed by atoms with Crippen molar-refractivity contribution in [1.82, 2.24) is 20.4 Å². The molecule has 3 heterocycles. The zero-order chi connectivity index (χ0) is 25.8. The van der Waals surface area contributed by atoms with E-state index in [9.17, 15) is 22.8 Å². The van der Waals surface area contributed by atoms with E-state index in [1.54, 1.807) is 16.8 Å². The first-order chi connectivity index (χ1) is 17.7. The molecule has 198 valence electrons. The highest BCUT2D eigenvalue weighted by Crippen LogP contribution is 2.44. The zero-order valence-electron chi connectivity index (χ0n) is 20.3. The summed E-state index contributed by atoms with van der Waals surface area (Å²) in [5.41, 5.74) is 2.17. The van der Waals surface area contributed by atoms with E-state index in [1.807, 2.05) is 0 Å². The van der Waals surface area contributed by atoms with Crippen LogP contribution in [0.5, 0.6) is 5.75 Å². The van der Waals surface area contributed by atoms with Crippen LogP contribution in [0.3, 0.4) is 0 Å². The highest BCUT2D eigenvalue weighted by molar-refractivity contribution is 6.08. The summed E-state index contributed by atoms with van der Waals surface area (Å²) in [5, 5.41) is 10.9. The summed E-state index contributed by atoms with van der Waals surface area (Å²) >= 11 is 0. The number of ether oxygens (including phenoxy) is 2. The Balaban J connectivity index is 1.29. The summed E-state index contributed by atoms with van der Waals surface area (Å²) in [5.74, 6) is 0.118. The molecule has 2 aromatic rings. The Morgan fingerprint density at radius 3 is 2.86 bits per heavy atom. The molecule has 37 heavy (non-hydrogen) atoms. The maximum atomic E-state index is 13.5. The highest BCUT2D eigenvalue weighted by atomic mass is 19.4. The second kappa shape index (κ2) is 9.04. The van der Waals surface area contributed by atoms with Gasteiger partial charge in [0.05, 0.1) is 29.4 Å². The minimum absolute atomic E-state index is 0.0941. The van der Waals surface area contributed by atoms with Gasteiger partial charge in [-0.3, -0.25) is 14.3 Å². The third kappa shape index (κ3) is 4.81. The van der Waals surface area contributed by atoms with Crippen LogP contribution in [0.2, 0.25) is 0 Å². The number of nitrogens with one attached hydrogen (secondary N) is 2. The van der Waals surface area contributed by atoms with Crippen LogP contribution in [0.1, 0.15) is 69.8 Å². The summed E-state index contributed by atoms with van der Waals surface area (Å²) in [6.45, 7) is 0.256. The maximum Gasteiger partial charge on any atom is 0.422 e. The number of fused-ring (bicyclic) bond motifs is 3. The number of benzene rings is 1. The Hall–Kier alpha value is -3.08. The molecule has 2 amide bonds. The zero-order valence-corrected chi connectivity index (χ0v) is 20.3. The number of rotatable bonds is 7. The SMILES string of the molecule is O=C1N[C@@]2(CCc3cc(OCC(F)(F)F)ccc32)Cc2nn(CCC3CC3)c(C(=O)NC3CCOC3)c21. The van der Waals surface area contributed by atoms with Crippen LogP contribution in [-0.4, -0.2) is 53.6 Å². The average molecular weight is 519 g/mol. The lowest BCUT2D eigenvalue weighted by Crippen LogP contribution is -2.50. The molecule has 2 aliphatic heterocycles. The number of hydrogen-bond acceptors (Lipinski definition) is 5. The first-order valence-corrected chi connectivity index (χ1v) is 12.8. The molecule has 2 aliphatic carbocycles. The summed E-state index contributed by atoms with van der Waals surface area (Å²) < 4.78 is 49.7. The molecular formula is C26H29F3N4O4. The monoisotopic (exact) mass is 518 g/mol. The van der Waals surface area contributed by atoms with Gasteiger partial charge >= 0.3 is 6.18 Å². The summed E-state index contributed by atoms with van der Waals surface area (Å²) in [7, 11) is 0. The lowest BCUT2D eigenvalue weighted by Gasteiger charge is -2.35. The molecule has 1 spiro atoms. The van der Waals surface area contributed by atoms with Crippen molar-refractivity contribution in [2.45, 2.75) is 69.2 Å². The molecule has 11 heteroatoms. The second-order valence-electron chi connectivity index (χ2n) is 10.6. The first-order valence-electron chi connectivity index (χ1n) is 12.8. The van der Waals surface area contributed by atoms with Crippen molar-refractivity contribution in [3.63, 3.8) is 0 Å². The van der Waals surface area contributed by atoms with Crippen LogP contribution in [-0.2, 0) is 29.7 Å². The second-order valence-corrected chi connectivity index (χ2v) is 10.6. The molecule has 0 radical (unpaired) electrons. The van der Waals surface area contributed by atoms with Crippen molar-refractivity contribution in [3.8, 4) is 5.75 Å². The number of carbonyl (C=O) groups excluding carboxylic acids is 2. The fourth-order valence-corrected chi connectivity index (χ4v) is 5.78. The number of halogens is 3. The lowest BCUT2D eigenvalue weighted by molar-refractivity contribution is -0.153. The van der Waals surface area contributed by atoms with Crippen molar-refractivity contribution >= 4 is 11.8 Å². The molecule has 1 aromatic heterocycles. The standard InChI is InChI=1S/C26H29F3N4O4/c27-26(28,29)14-37-18-3-4-19-16(11-18)5-8-25(19)12-20-21(23(34)31-25)22(24(35)30-17-7-10-36-13-17)33(32-20)9-6-15-1-2-15/h3-4,11,15,17H,1-2,5-10,12-14H2,(H,30,35)(H,31,34)/t17?,25-/m0/s1. The van der Waals surface area contributed by atoms with Gasteiger partial charge in [0.2, 0.25) is 0 Å². The minimum Gasteiger partial charge on any atom is -0.484 e. The Kier molecular flexibility index (Phi) is 5.93. The number of hydrogen-bond donors (Lipinski definition) is 2. The van der Waals surface area contributed by atoms with Gasteiger partial charge in [0, 0.05) is 19.6 Å². The van der Waals surface area contributed by atoms with Gasteiger partial charge in [0.25, 0.3) is 11.8 Å². The van der Waals surface area contributed by atoms with E-state index in [0.29, 0.717) is 61.9 Å². The van der Waals surface area contributed by atoms with Crippen LogP contribution < -0.4 is 15.4 Å². The van der Waals surface area contributed by atoms with Crippen molar-refractivity contribution < 1.29 is 32.2 Å². The van der Waals surface area contributed by atoms with Gasteiger partial charge in [-0.1, -0.05) is 18.9 Å². The van der Waals surface area contributed by atoms with Gasteiger partial charge in [-0.2, -0.15) is 18.3 Å². The van der Waals surface area contributed by atoms with Crippen LogP contribution in [0.4, 0.5) is 13.2 Å². The number of nitrogens with zero attached hydrogens (tertiary/aromatic N) is 2. The molecule has 2 atom stereocenters. The number of amides is 2. The number of aryl methyl sites for hydroxylation is 2. The van der Waals surface area contributed by atoms with E-state index < -0.39 is 18.3 Å². The molecule has 8 nitrogen and oxygen atoms in total. The molecule has 1 saturated heterocycles. The van der Waals surface area contributed by atoms with Gasteiger partial charge in [0.1, 0.15) is 11.4 Å². The molecule has 1 saturated carbocycles. The number of carbonyl (C=O) groups is 2. The lowest BCUT2D eigenvalue weighted by atomic mass is 9.82. The van der Waals surface area contributed by atoms with Crippen LogP contribution in [0, 0.1) is 5.92 Å². The van der Waals surface area contributed by atoms with Gasteiger partial charge in [-0.25, -0.2) is 0 Å². The normalized spacial score (nSPS) is 24.6. The average Bonchev–Trinajstić information content (AvgIpc) is 3.23. The van der Waals surface area contributed by atoms with E-state index >= 15 is 0 Å². The molecule has 1 unspecified atom stereocenters. The van der Waals surface area contributed by atoms with E-state index in [-0.39, 0.29) is 23.6 Å². The largest absolute Gasteiger partial charge is 0.484 e. The van der Waals surface area contributed by atoms with Crippen LogP contribution in [0.25, 0.3) is 0 Å². The van der Waals surface area contributed by atoms with Crippen molar-refractivity contribution in [2.24, 2.45) is 5.92 Å². The molecule has 0 bridgehead atoms. The van der Waals surface area contributed by atoms with Gasteiger partial charge in [0.15, 0.2) is 6.61 Å². The van der Waals surface area contributed by atoms with Crippen LogP contribution in [0.15, 0.2) is 18.2 Å². The van der Waals surface area contributed by atoms with Crippen LogP contribution >= 0.6 is 0 Å². The van der Waals surface area contributed by atoms with Crippen molar-refractivity contribution in [2.75, 3.05) is 19.8 Å². The third-order valence-corrected chi connectivity index (χ3v) is 7.82. The smallest absolute Gasteiger partial charge is 0.422 e. The van der Waals surface area contributed by atoms with Crippen molar-refractivity contribution in [1.29, 1.82) is 0 Å². The third-order valence-electron chi connectivity index (χ3n) is 7.82. The summed E-state index contributed by atoms with van der Waals surface area (Å²) in [6.07, 6.45) is 1.16. The number of alkyl halides is 3. The molecule has 6 rings (SSSR count). The van der Waals surface area contributed by atoms with E-state index in [0.717, 1.165) is 24.0 Å². The van der Waals surface area contributed by atoms with E-state index in [2.05, 4.69) is 10.6 Å². The molecular weight excluding hydrogens is 489 g/mol. The summed E-state index contributed by atoms with van der Waals surface area (Å²) in [6, 6.07) is 4.77. The topological polar surface area (TPSA) is 94.5 Å². The minimum atomic E-state index is -4.42. The maximum absolute atomic E-state index is 13.5. The molecule has 2 N–H and O–H groups in total. The number of aromatic nitrogens is 2. The fraction of sp³-hybridized carbons (Fsp3) is 0.577. The Morgan fingerprint density at radius 1 is 1.30 bits per heavy atom. The van der Waals surface area contributed by atoms with Gasteiger partial charge in [-0.05, 0) is 54.9 Å². The molecule has 1 aromatic carbocycles. The highest BCUT2D eigenvalue weighted by Gasteiger charge is 2.47. The predicted molar refractivity (Wildman–Crippen MR) is 125 cm³/mol. The van der Waals surface area contributed by atoms with Crippen molar-refractivity contribution in [3.05, 3.63) is 46.3 Å². The van der Waals surface area contributed by atoms with E-state index in [1.165, 1.54) is 18.9 Å². The molecule has 2 fully saturated rings. The summed E-state index contributed by atoms with van der Waals surface area (Å²) in [4.78, 5) is 26.9. The Morgan fingerprint density at radius 2 is 2.14 bits per heavy atom. The predicted octanol–water partition coefficient (Wildman–Crippen LogP) is 3.27. The molecule has 4 aliphatic rings. The van der Waals surface area contributed by atoms with E-state index in [4.69, 9.17) is 14.6 Å². The van der Waals surface area contributed by atoms with Gasteiger partial charge in [-0.15, -0.1) is 0 Å². The van der Waals surface area contributed by atoms with Gasteiger partial charge < -0.3 is 20.1 Å².